The van der Waals surface area contributed by atoms with Crippen molar-refractivity contribution in [2.75, 3.05) is 58.4 Å². The number of aliphatic hydroxyl groups is 3. The predicted molar refractivity (Wildman–Crippen MR) is 221 cm³/mol. The van der Waals surface area contributed by atoms with Gasteiger partial charge in [0.15, 0.2) is 5.60 Å². The van der Waals surface area contributed by atoms with Gasteiger partial charge in [0.25, 0.3) is 5.91 Å². The van der Waals surface area contributed by atoms with E-state index in [1.807, 2.05) is 24.9 Å². The molecule has 3 fully saturated rings. The molecular weight excluding hydrogens is 737 g/mol. The van der Waals surface area contributed by atoms with Crippen LogP contribution in [0.5, 0.6) is 5.75 Å². The number of nitrogens with one attached hydrogen (secondary N) is 3. The smallest absolute Gasteiger partial charge is 0.426 e. The van der Waals surface area contributed by atoms with Crippen LogP contribution in [0.2, 0.25) is 0 Å². The molecule has 2 amide bonds. The van der Waals surface area contributed by atoms with E-state index in [1.54, 1.807) is 14.0 Å². The van der Waals surface area contributed by atoms with E-state index >= 15 is 0 Å². The molecule has 6 aliphatic rings. The van der Waals surface area contributed by atoms with Gasteiger partial charge in [-0.15, -0.1) is 0 Å². The molecule has 58 heavy (non-hydrogen) atoms. The lowest BCUT2D eigenvalue weighted by Crippen LogP contribution is -2.82. The van der Waals surface area contributed by atoms with Crippen molar-refractivity contribution in [2.24, 2.45) is 11.3 Å². The van der Waals surface area contributed by atoms with Crippen molar-refractivity contribution in [1.82, 2.24) is 25.6 Å². The summed E-state index contributed by atoms with van der Waals surface area (Å²) in [5.74, 6) is -0.0106. The molecule has 3 aromatic rings. The lowest BCUT2D eigenvalue weighted by molar-refractivity contribution is -0.204. The van der Waals surface area contributed by atoms with E-state index in [4.69, 9.17) is 9.47 Å². The predicted octanol–water partition coefficient (Wildman–Crippen LogP) is 3.87. The second kappa shape index (κ2) is 13.7. The zero-order valence-corrected chi connectivity index (χ0v) is 34.7. The van der Waals surface area contributed by atoms with Crippen LogP contribution in [0.1, 0.15) is 82.2 Å². The molecular formula is C45H60N6O7. The summed E-state index contributed by atoms with van der Waals surface area (Å²) in [7, 11) is 3.59. The molecule has 1 aliphatic carbocycles. The number of benzene rings is 2. The second-order valence-electron chi connectivity index (χ2n) is 18.4. The summed E-state index contributed by atoms with van der Waals surface area (Å²) >= 11 is 0. The molecule has 1 unspecified atom stereocenters. The number of methoxy groups -OCH3 is 1. The number of piperidine rings is 1. The van der Waals surface area contributed by atoms with E-state index < -0.39 is 51.6 Å². The monoisotopic (exact) mass is 796 g/mol. The number of aromatic nitrogens is 1. The average molecular weight is 797 g/mol. The lowest BCUT2D eigenvalue weighted by Gasteiger charge is -2.63. The molecule has 0 radical (unpaired) electrons. The third kappa shape index (κ3) is 5.25. The first-order valence-corrected chi connectivity index (χ1v) is 21.3. The molecule has 6 heterocycles. The van der Waals surface area contributed by atoms with Crippen LogP contribution >= 0.6 is 0 Å². The van der Waals surface area contributed by atoms with E-state index in [1.165, 1.54) is 10.9 Å². The lowest BCUT2D eigenvalue weighted by atomic mass is 9.47. The molecule has 2 saturated heterocycles. The SMILES string of the molecule is CCOC(=O)NNC(=O)[C@@]1(O)[C@H](O)[C@]2(CC)C=CCN3CC[C@@]4(c5cc([C@@]6(C)C[C@@H]7CN(CCc8c6[nH]c6ccccc86)C[C@](O)(CC)C7)c(OC)cc5N(C)[C@@H]14)[C@@H]32. The maximum absolute atomic E-state index is 14.6. The van der Waals surface area contributed by atoms with Crippen LogP contribution in [0, 0.1) is 11.3 Å². The maximum Gasteiger partial charge on any atom is 0.426 e. The van der Waals surface area contributed by atoms with Gasteiger partial charge in [-0.3, -0.25) is 20.0 Å². The zero-order valence-electron chi connectivity index (χ0n) is 34.7. The number of hydrazine groups is 1. The Morgan fingerprint density at radius 1 is 1.02 bits per heavy atom. The second-order valence-corrected chi connectivity index (χ2v) is 18.4. The van der Waals surface area contributed by atoms with Gasteiger partial charge in [0.1, 0.15) is 11.9 Å². The van der Waals surface area contributed by atoms with Crippen molar-refractivity contribution in [2.45, 2.75) is 106 Å². The first kappa shape index (κ1) is 39.3. The fourth-order valence-electron chi connectivity index (χ4n) is 13.3. The van der Waals surface area contributed by atoms with E-state index in [2.05, 4.69) is 82.0 Å². The van der Waals surface area contributed by atoms with Gasteiger partial charge in [-0.1, -0.05) is 44.2 Å². The third-order valence-electron chi connectivity index (χ3n) is 15.6. The summed E-state index contributed by atoms with van der Waals surface area (Å²) in [5, 5.41) is 38.9. The van der Waals surface area contributed by atoms with Gasteiger partial charge in [-0.05, 0) is 88.1 Å². The van der Waals surface area contributed by atoms with Crippen molar-refractivity contribution in [1.29, 1.82) is 0 Å². The van der Waals surface area contributed by atoms with Gasteiger partial charge >= 0.3 is 6.09 Å². The number of carbonyl (C=O) groups excluding carboxylic acids is 2. The van der Waals surface area contributed by atoms with Crippen molar-refractivity contribution >= 4 is 28.6 Å². The molecule has 13 nitrogen and oxygen atoms in total. The van der Waals surface area contributed by atoms with Gasteiger partial charge in [0.2, 0.25) is 0 Å². The number of likely N-dealkylation sites (N-methyl/N-ethyl adjacent to an activating group) is 1. The summed E-state index contributed by atoms with van der Waals surface area (Å²) < 4.78 is 11.4. The number of hydrogen-bond donors (Lipinski definition) is 6. The van der Waals surface area contributed by atoms with Crippen LogP contribution in [-0.2, 0) is 26.8 Å². The van der Waals surface area contributed by atoms with Crippen molar-refractivity contribution in [3.63, 3.8) is 0 Å². The summed E-state index contributed by atoms with van der Waals surface area (Å²) in [4.78, 5) is 37.8. The Morgan fingerprint density at radius 3 is 2.55 bits per heavy atom. The largest absolute Gasteiger partial charge is 0.496 e. The molecule has 1 spiro atoms. The number of ether oxygens (including phenoxy) is 2. The highest BCUT2D eigenvalue weighted by Gasteiger charge is 2.78. The Labute approximate surface area is 340 Å². The van der Waals surface area contributed by atoms with Crippen molar-refractivity contribution < 1.29 is 34.4 Å². The Hall–Kier alpha value is -4.14. The molecule has 1 aromatic heterocycles. The molecule has 5 aliphatic heterocycles. The molecule has 10 atom stereocenters. The summed E-state index contributed by atoms with van der Waals surface area (Å²) in [6.07, 6.45) is 5.79. The highest BCUT2D eigenvalue weighted by molar-refractivity contribution is 5.91. The van der Waals surface area contributed by atoms with Crippen molar-refractivity contribution in [3.05, 3.63) is 70.9 Å². The number of rotatable bonds is 6. The number of H-pyrrole nitrogens is 1. The molecule has 6 N–H and O–H groups in total. The average Bonchev–Trinajstić information content (AvgIpc) is 3.88. The van der Waals surface area contributed by atoms with Crippen molar-refractivity contribution in [3.8, 4) is 5.75 Å². The number of fused-ring (bicyclic) bond motifs is 6. The number of anilines is 1. The van der Waals surface area contributed by atoms with Gasteiger partial charge in [-0.2, -0.15) is 0 Å². The van der Waals surface area contributed by atoms with Gasteiger partial charge in [-0.25, -0.2) is 10.2 Å². The van der Waals surface area contributed by atoms with E-state index in [0.29, 0.717) is 51.1 Å². The molecule has 2 aromatic carbocycles. The van der Waals surface area contributed by atoms with Crippen LogP contribution in [0.25, 0.3) is 10.9 Å². The Balaban J connectivity index is 1.27. The fourth-order valence-corrected chi connectivity index (χ4v) is 13.3. The highest BCUT2D eigenvalue weighted by Crippen LogP contribution is 2.67. The number of hydrogen-bond acceptors (Lipinski definition) is 10. The van der Waals surface area contributed by atoms with Crippen LogP contribution in [0.3, 0.4) is 0 Å². The van der Waals surface area contributed by atoms with Crippen LogP contribution < -0.4 is 20.5 Å². The van der Waals surface area contributed by atoms with E-state index in [9.17, 15) is 24.9 Å². The Morgan fingerprint density at radius 2 is 1.81 bits per heavy atom. The van der Waals surface area contributed by atoms with Crippen LogP contribution in [-0.4, -0.2) is 125 Å². The summed E-state index contributed by atoms with van der Waals surface area (Å²) in [5.41, 5.74) is 5.55. The van der Waals surface area contributed by atoms with Gasteiger partial charge in [0.05, 0.1) is 25.4 Å². The topological polar surface area (TPSA) is 163 Å². The summed E-state index contributed by atoms with van der Waals surface area (Å²) in [6.45, 7) is 12.0. The third-order valence-corrected chi connectivity index (χ3v) is 15.6. The Kier molecular flexibility index (Phi) is 9.29. The highest BCUT2D eigenvalue weighted by atomic mass is 16.6. The minimum absolute atomic E-state index is 0.0984. The number of para-hydroxylation sites is 1. The fraction of sp³-hybridized carbons (Fsp3) is 0.600. The number of aromatic amines is 1. The van der Waals surface area contributed by atoms with Gasteiger partial charge in [0, 0.05) is 89.4 Å². The maximum atomic E-state index is 14.6. The zero-order chi connectivity index (χ0) is 41.0. The molecule has 13 heteroatoms. The van der Waals surface area contributed by atoms with E-state index in [0.717, 1.165) is 54.0 Å². The number of nitrogens with zero attached hydrogens (tertiary/aromatic N) is 3. The number of amides is 2. The van der Waals surface area contributed by atoms with Gasteiger partial charge < -0.3 is 34.7 Å². The quantitative estimate of drug-likeness (QED) is 0.160. The minimum atomic E-state index is -2.37. The molecule has 312 valence electrons. The first-order chi connectivity index (χ1) is 27.7. The standard InChI is InChI=1S/C45H60N6O7/c1-7-42(55)24-27-23-41(4,35-29(15-19-50(25-27)26-42)28-13-10-11-14-32(28)46-35)31-21-30-33(22-34(31)57-6)49(5)37-44(30)17-20-51-18-12-16-43(8-2,36(44)51)38(52)45(37,56)39(53)47-48-40(54)58-9-3/h10-14,16,21-22,27,36-38,46,52,55-56H,7-9,15,17-20,23-26H2,1-6H3,(H,47,53)(H,48,54)/t27-,36-,37+,38+,41+,42-,43+,44+,45-/m0/s1. The van der Waals surface area contributed by atoms with E-state index in [-0.39, 0.29) is 18.6 Å². The van der Waals surface area contributed by atoms with Crippen LogP contribution in [0.15, 0.2) is 48.6 Å². The molecule has 2 bridgehead atoms. The number of carbonyl (C=O) groups is 2. The van der Waals surface area contributed by atoms with Crippen LogP contribution in [0.4, 0.5) is 10.5 Å². The summed E-state index contributed by atoms with van der Waals surface area (Å²) in [6, 6.07) is 11.8. The number of aliphatic hydroxyl groups excluding tert-OH is 1. The molecule has 9 rings (SSSR count). The molecule has 1 saturated carbocycles. The normalized spacial score (nSPS) is 37.5. The first-order valence-electron chi connectivity index (χ1n) is 21.3. The Bertz CT molecular complexity index is 2180. The minimum Gasteiger partial charge on any atom is -0.496 e.